The van der Waals surface area contributed by atoms with Crippen LogP contribution in [0, 0.1) is 0 Å². The van der Waals surface area contributed by atoms with E-state index in [0.29, 0.717) is 0 Å². The van der Waals surface area contributed by atoms with Gasteiger partial charge in [-0.15, -0.1) is 0 Å². The van der Waals surface area contributed by atoms with Gasteiger partial charge in [0.1, 0.15) is 9.92 Å². The van der Waals surface area contributed by atoms with E-state index in [4.69, 9.17) is 17.0 Å². The van der Waals surface area contributed by atoms with Crippen LogP contribution < -0.4 is 5.32 Å². The van der Waals surface area contributed by atoms with E-state index < -0.39 is 5.60 Å². The third-order valence-corrected chi connectivity index (χ3v) is 6.64. The Kier molecular flexibility index (Phi) is 7.10. The van der Waals surface area contributed by atoms with E-state index in [2.05, 4.69) is 34.7 Å². The number of nitrogens with zero attached hydrogens (tertiary/aromatic N) is 1. The van der Waals surface area contributed by atoms with Crippen molar-refractivity contribution in [1.29, 1.82) is 0 Å². The molecule has 0 aliphatic heterocycles. The van der Waals surface area contributed by atoms with Crippen molar-refractivity contribution < 1.29 is 9.53 Å². The van der Waals surface area contributed by atoms with Crippen LogP contribution in [-0.4, -0.2) is 37.9 Å². The summed E-state index contributed by atoms with van der Waals surface area (Å²) >= 11 is 7.16. The number of aromatic nitrogens is 2. The van der Waals surface area contributed by atoms with Crippen LogP contribution in [0.3, 0.4) is 0 Å². The Morgan fingerprint density at radius 1 is 1.06 bits per heavy atom. The molecule has 0 radical (unpaired) electrons. The fraction of sp³-hybridized carbons (Fsp3) is 0.308. The lowest BCUT2D eigenvalue weighted by Crippen LogP contribution is -2.26. The van der Waals surface area contributed by atoms with Crippen LogP contribution in [0.15, 0.2) is 60.9 Å². The number of H-pyrrole nitrogens is 1. The number of hydrogen-bond acceptors (Lipinski definition) is 4. The van der Waals surface area contributed by atoms with Crippen LogP contribution in [0.25, 0.3) is 21.8 Å². The largest absolute Gasteiger partial charge is 0.443 e. The molecule has 0 aliphatic rings. The highest BCUT2D eigenvalue weighted by molar-refractivity contribution is 8.22. The lowest BCUT2D eigenvalue weighted by molar-refractivity contribution is 0.0544. The number of thiocarbonyl (C=S) groups is 1. The molecule has 0 saturated heterocycles. The van der Waals surface area contributed by atoms with Crippen molar-refractivity contribution in [2.75, 3.05) is 12.3 Å². The minimum atomic E-state index is -0.539. The van der Waals surface area contributed by atoms with Gasteiger partial charge in [0.2, 0.25) is 0 Å². The minimum Gasteiger partial charge on any atom is -0.443 e. The van der Waals surface area contributed by atoms with Crippen molar-refractivity contribution in [3.8, 4) is 0 Å². The maximum Gasteiger partial charge on any atom is 0.419 e. The number of rotatable bonds is 6. The number of carbonyl (C=O) groups excluding carboxylic acids is 1. The van der Waals surface area contributed by atoms with E-state index >= 15 is 0 Å². The average Bonchev–Trinajstić information content (AvgIpc) is 3.35. The summed E-state index contributed by atoms with van der Waals surface area (Å²) in [5, 5.41) is 5.69. The molecule has 7 heteroatoms. The molecule has 0 amide bonds. The number of aromatic amines is 1. The second-order valence-electron chi connectivity index (χ2n) is 8.94. The topological polar surface area (TPSA) is 59.0 Å². The molecule has 0 atom stereocenters. The Bertz CT molecular complexity index is 1280. The zero-order valence-electron chi connectivity index (χ0n) is 19.2. The van der Waals surface area contributed by atoms with Crippen LogP contribution in [-0.2, 0) is 17.6 Å². The summed E-state index contributed by atoms with van der Waals surface area (Å²) in [5.41, 5.74) is 3.90. The van der Waals surface area contributed by atoms with E-state index in [0.717, 1.165) is 51.4 Å². The van der Waals surface area contributed by atoms with Crippen LogP contribution >= 0.6 is 24.0 Å². The molecule has 0 bridgehead atoms. The summed E-state index contributed by atoms with van der Waals surface area (Å²) in [4.78, 5) is 16.0. The summed E-state index contributed by atoms with van der Waals surface area (Å²) < 4.78 is 7.98. The predicted octanol–water partition coefficient (Wildman–Crippen LogP) is 6.30. The van der Waals surface area contributed by atoms with Crippen molar-refractivity contribution in [3.63, 3.8) is 0 Å². The zero-order chi connectivity index (χ0) is 23.4. The first-order valence-corrected chi connectivity index (χ1v) is 12.5. The normalized spacial score (nSPS) is 11.7. The van der Waals surface area contributed by atoms with Gasteiger partial charge in [0.15, 0.2) is 0 Å². The molecular weight excluding hydrogens is 450 g/mol. The molecule has 0 fully saturated rings. The second kappa shape index (κ2) is 10.0. The molecular formula is C26H29N3O2S2. The summed E-state index contributed by atoms with van der Waals surface area (Å²) in [5.74, 6) is 0.835. The Labute approximate surface area is 203 Å². The summed E-state index contributed by atoms with van der Waals surface area (Å²) in [6.07, 6.45) is 5.34. The minimum absolute atomic E-state index is 0.355. The molecule has 4 rings (SSSR count). The monoisotopic (exact) mass is 479 g/mol. The van der Waals surface area contributed by atoms with Crippen LogP contribution in [0.2, 0.25) is 0 Å². The van der Waals surface area contributed by atoms with Gasteiger partial charge < -0.3 is 15.0 Å². The lowest BCUT2D eigenvalue weighted by Gasteiger charge is -2.19. The van der Waals surface area contributed by atoms with Gasteiger partial charge >= 0.3 is 6.09 Å². The zero-order valence-corrected chi connectivity index (χ0v) is 20.8. The van der Waals surface area contributed by atoms with E-state index in [1.807, 2.05) is 57.3 Å². The number of hydrogen-bond donors (Lipinski definition) is 2. The van der Waals surface area contributed by atoms with Gasteiger partial charge in [-0.2, -0.15) is 0 Å². The van der Waals surface area contributed by atoms with Gasteiger partial charge in [0.25, 0.3) is 0 Å². The van der Waals surface area contributed by atoms with Crippen molar-refractivity contribution in [3.05, 3.63) is 72.1 Å². The highest BCUT2D eigenvalue weighted by Crippen LogP contribution is 2.24. The number of carbonyl (C=O) groups is 1. The van der Waals surface area contributed by atoms with Gasteiger partial charge in [0.05, 0.1) is 5.52 Å². The van der Waals surface area contributed by atoms with Crippen LogP contribution in [0.4, 0.5) is 4.79 Å². The third-order valence-electron chi connectivity index (χ3n) is 5.33. The third kappa shape index (κ3) is 5.78. The van der Waals surface area contributed by atoms with Gasteiger partial charge in [-0.05, 0) is 56.9 Å². The number of para-hydroxylation sites is 2. The molecule has 0 unspecified atom stereocenters. The Morgan fingerprint density at radius 3 is 2.58 bits per heavy atom. The van der Waals surface area contributed by atoms with Gasteiger partial charge in [-0.3, -0.25) is 4.57 Å². The first kappa shape index (κ1) is 23.4. The first-order valence-electron chi connectivity index (χ1n) is 11.1. The van der Waals surface area contributed by atoms with Gasteiger partial charge in [-0.25, -0.2) is 4.79 Å². The van der Waals surface area contributed by atoms with Crippen molar-refractivity contribution in [1.82, 2.24) is 14.9 Å². The lowest BCUT2D eigenvalue weighted by atomic mass is 10.1. The molecule has 2 aromatic heterocycles. The molecule has 0 spiro atoms. The number of benzene rings is 2. The predicted molar refractivity (Wildman–Crippen MR) is 142 cm³/mol. The van der Waals surface area contributed by atoms with Crippen molar-refractivity contribution >= 4 is 56.2 Å². The van der Waals surface area contributed by atoms with Crippen LogP contribution in [0.5, 0.6) is 0 Å². The Morgan fingerprint density at radius 2 is 1.79 bits per heavy atom. The van der Waals surface area contributed by atoms with E-state index in [1.165, 1.54) is 10.9 Å². The quantitative estimate of drug-likeness (QED) is 0.318. The summed E-state index contributed by atoms with van der Waals surface area (Å²) in [6.45, 7) is 6.42. The number of nitrogens with one attached hydrogen (secondary N) is 2. The molecule has 0 aliphatic carbocycles. The number of fused-ring (bicyclic) bond motifs is 2. The molecule has 4 aromatic rings. The molecule has 5 nitrogen and oxygen atoms in total. The smallest absolute Gasteiger partial charge is 0.419 e. The SMILES string of the molecule is CC(C)(C)OC(=O)n1cc(CCSC(=S)NCCc2c[nH]c3ccccc23)c2ccccc21. The maximum absolute atomic E-state index is 12.7. The second-order valence-corrected chi connectivity index (χ2v) is 10.7. The molecule has 2 heterocycles. The van der Waals surface area contributed by atoms with Crippen molar-refractivity contribution in [2.24, 2.45) is 0 Å². The summed E-state index contributed by atoms with van der Waals surface area (Å²) in [6, 6.07) is 16.3. The fourth-order valence-electron chi connectivity index (χ4n) is 3.85. The van der Waals surface area contributed by atoms with Gasteiger partial charge in [0, 0.05) is 41.0 Å². The molecule has 2 aromatic carbocycles. The van der Waals surface area contributed by atoms with Crippen molar-refractivity contribution in [2.45, 2.75) is 39.2 Å². The number of aryl methyl sites for hydroxylation is 1. The summed E-state index contributed by atoms with van der Waals surface area (Å²) in [7, 11) is 0. The first-order chi connectivity index (χ1) is 15.8. The fourth-order valence-corrected chi connectivity index (χ4v) is 4.92. The Balaban J connectivity index is 1.31. The average molecular weight is 480 g/mol. The molecule has 2 N–H and O–H groups in total. The molecule has 172 valence electrons. The highest BCUT2D eigenvalue weighted by Gasteiger charge is 2.20. The van der Waals surface area contributed by atoms with E-state index in [9.17, 15) is 4.79 Å². The van der Waals surface area contributed by atoms with E-state index in [-0.39, 0.29) is 6.09 Å². The van der Waals surface area contributed by atoms with E-state index in [1.54, 1.807) is 16.3 Å². The standard InChI is InChI=1S/C26H29N3O2S2/c1-26(2,3)31-25(30)29-17-19(21-9-5-7-11-23(21)29)13-15-33-24(32)27-14-12-18-16-28-22-10-6-4-8-20(18)22/h4-11,16-17,28H,12-15H2,1-3H3,(H,27,32). The van der Waals surface area contributed by atoms with Gasteiger partial charge in [-0.1, -0.05) is 60.4 Å². The molecule has 0 saturated carbocycles. The Hall–Kier alpha value is -2.77. The van der Waals surface area contributed by atoms with Crippen LogP contribution in [0.1, 0.15) is 31.9 Å². The number of thioether (sulfide) groups is 1. The number of ether oxygens (including phenoxy) is 1. The highest BCUT2D eigenvalue weighted by atomic mass is 32.2. The maximum atomic E-state index is 12.7. The molecule has 33 heavy (non-hydrogen) atoms.